The molecule has 0 bridgehead atoms. The van der Waals surface area contributed by atoms with E-state index in [1.807, 2.05) is 0 Å². The summed E-state index contributed by atoms with van der Waals surface area (Å²) >= 11 is 11.7. The van der Waals surface area contributed by atoms with Crippen molar-refractivity contribution in [1.82, 2.24) is 9.97 Å². The van der Waals surface area contributed by atoms with Crippen LogP contribution in [0.1, 0.15) is 12.5 Å². The molecule has 6 heteroatoms. The van der Waals surface area contributed by atoms with Gasteiger partial charge in [0, 0.05) is 15.6 Å². The molecule has 0 amide bonds. The van der Waals surface area contributed by atoms with Crippen LogP contribution in [-0.2, 0) is 6.42 Å². The molecule has 0 saturated heterocycles. The average molecular weight is 285 g/mol. The molecule has 0 aliphatic heterocycles. The molecule has 0 unspecified atom stereocenters. The van der Waals surface area contributed by atoms with Crippen molar-refractivity contribution in [3.8, 4) is 17.3 Å². The van der Waals surface area contributed by atoms with Gasteiger partial charge in [-0.25, -0.2) is 0 Å². The summed E-state index contributed by atoms with van der Waals surface area (Å²) in [6, 6.07) is 4.79. The summed E-state index contributed by atoms with van der Waals surface area (Å²) in [7, 11) is 0. The second kappa shape index (κ2) is 5.00. The molecule has 0 fully saturated rings. The lowest BCUT2D eigenvalue weighted by molar-refractivity contribution is 0.444. The van der Waals surface area contributed by atoms with Gasteiger partial charge >= 0.3 is 0 Å². The van der Waals surface area contributed by atoms with Crippen molar-refractivity contribution in [3.63, 3.8) is 0 Å². The van der Waals surface area contributed by atoms with E-state index in [0.717, 1.165) is 0 Å². The maximum atomic E-state index is 11.7. The lowest BCUT2D eigenvalue weighted by Gasteiger charge is -2.05. The summed E-state index contributed by atoms with van der Waals surface area (Å²) in [4.78, 5) is 18.2. The summed E-state index contributed by atoms with van der Waals surface area (Å²) in [6.07, 6.45) is 0.407. The lowest BCUT2D eigenvalue weighted by atomic mass is 10.2. The molecule has 1 heterocycles. The van der Waals surface area contributed by atoms with Gasteiger partial charge in [0.25, 0.3) is 5.56 Å². The van der Waals surface area contributed by atoms with E-state index < -0.39 is 0 Å². The van der Waals surface area contributed by atoms with Crippen LogP contribution in [0, 0.1) is 0 Å². The first kappa shape index (κ1) is 12.9. The molecule has 18 heavy (non-hydrogen) atoms. The van der Waals surface area contributed by atoms with Crippen molar-refractivity contribution >= 4 is 23.2 Å². The van der Waals surface area contributed by atoms with Crippen molar-refractivity contribution in [1.29, 1.82) is 0 Å². The van der Waals surface area contributed by atoms with Crippen molar-refractivity contribution in [2.45, 2.75) is 13.3 Å². The normalized spacial score (nSPS) is 10.6. The van der Waals surface area contributed by atoms with Crippen molar-refractivity contribution in [2.75, 3.05) is 0 Å². The Balaban J connectivity index is 2.61. The molecule has 0 aliphatic rings. The topological polar surface area (TPSA) is 66.0 Å². The van der Waals surface area contributed by atoms with Gasteiger partial charge in [-0.1, -0.05) is 30.1 Å². The Morgan fingerprint density at radius 2 is 1.89 bits per heavy atom. The predicted octanol–water partition coefficient (Wildman–Crippen LogP) is 3.01. The maximum absolute atomic E-state index is 11.7. The quantitative estimate of drug-likeness (QED) is 0.891. The highest BCUT2D eigenvalue weighted by Crippen LogP contribution is 2.25. The number of benzene rings is 1. The molecule has 0 spiro atoms. The Kier molecular flexibility index (Phi) is 3.59. The Labute approximate surface area is 113 Å². The standard InChI is InChI=1S/C12H10Cl2N2O2/c1-2-9-11(17)15-10(16-12(9)18)6-3-7(13)5-8(14)4-6/h3-5H,2H2,1H3,(H2,15,16,17,18). The number of hydrogen-bond donors (Lipinski definition) is 2. The van der Waals surface area contributed by atoms with E-state index in [4.69, 9.17) is 23.2 Å². The molecule has 0 atom stereocenters. The first-order valence-corrected chi connectivity index (χ1v) is 6.05. The number of H-pyrrole nitrogens is 1. The van der Waals surface area contributed by atoms with Crippen molar-refractivity contribution < 1.29 is 5.11 Å². The van der Waals surface area contributed by atoms with Crippen molar-refractivity contribution in [2.24, 2.45) is 0 Å². The van der Waals surface area contributed by atoms with Crippen LogP contribution in [0.25, 0.3) is 11.4 Å². The molecule has 1 aromatic carbocycles. The van der Waals surface area contributed by atoms with E-state index in [0.29, 0.717) is 22.0 Å². The highest BCUT2D eigenvalue weighted by molar-refractivity contribution is 6.35. The second-order valence-corrected chi connectivity index (χ2v) is 4.60. The average Bonchev–Trinajstić information content (AvgIpc) is 2.27. The van der Waals surface area contributed by atoms with Crippen LogP contribution in [0.4, 0.5) is 0 Å². The third-order valence-electron chi connectivity index (χ3n) is 2.48. The van der Waals surface area contributed by atoms with Gasteiger partial charge in [0.05, 0.1) is 5.56 Å². The Morgan fingerprint density at radius 3 is 2.39 bits per heavy atom. The molecular weight excluding hydrogens is 275 g/mol. The lowest BCUT2D eigenvalue weighted by Crippen LogP contribution is -2.14. The first-order valence-electron chi connectivity index (χ1n) is 5.30. The van der Waals surface area contributed by atoms with Crippen molar-refractivity contribution in [3.05, 3.63) is 44.2 Å². The minimum atomic E-state index is -0.365. The number of aromatic amines is 1. The van der Waals surface area contributed by atoms with Gasteiger partial charge in [0.15, 0.2) is 0 Å². The van der Waals surface area contributed by atoms with E-state index >= 15 is 0 Å². The van der Waals surface area contributed by atoms with E-state index in [9.17, 15) is 9.90 Å². The minimum Gasteiger partial charge on any atom is -0.493 e. The number of rotatable bonds is 2. The number of nitrogens with zero attached hydrogens (tertiary/aromatic N) is 1. The largest absolute Gasteiger partial charge is 0.493 e. The third-order valence-corrected chi connectivity index (χ3v) is 2.92. The van der Waals surface area contributed by atoms with Crippen LogP contribution in [0.3, 0.4) is 0 Å². The monoisotopic (exact) mass is 284 g/mol. The minimum absolute atomic E-state index is 0.235. The number of aromatic hydroxyl groups is 1. The van der Waals surface area contributed by atoms with Gasteiger partial charge in [-0.05, 0) is 24.6 Å². The van der Waals surface area contributed by atoms with Gasteiger partial charge in [-0.3, -0.25) is 4.79 Å². The van der Waals surface area contributed by atoms with E-state index in [1.54, 1.807) is 25.1 Å². The maximum Gasteiger partial charge on any atom is 0.258 e. The molecule has 0 radical (unpaired) electrons. The number of aromatic nitrogens is 2. The number of hydrogen-bond acceptors (Lipinski definition) is 3. The van der Waals surface area contributed by atoms with Crippen LogP contribution >= 0.6 is 23.2 Å². The predicted molar refractivity (Wildman–Crippen MR) is 71.4 cm³/mol. The second-order valence-electron chi connectivity index (χ2n) is 3.73. The molecular formula is C12H10Cl2N2O2. The molecule has 94 valence electrons. The molecule has 1 aromatic heterocycles. The highest BCUT2D eigenvalue weighted by Gasteiger charge is 2.11. The molecule has 4 nitrogen and oxygen atoms in total. The zero-order chi connectivity index (χ0) is 13.3. The zero-order valence-electron chi connectivity index (χ0n) is 9.50. The van der Waals surface area contributed by atoms with Gasteiger partial charge in [-0.2, -0.15) is 4.98 Å². The van der Waals surface area contributed by atoms with Crippen LogP contribution < -0.4 is 5.56 Å². The highest BCUT2D eigenvalue weighted by atomic mass is 35.5. The van der Waals surface area contributed by atoms with Crippen LogP contribution in [0.2, 0.25) is 10.0 Å². The van der Waals surface area contributed by atoms with Gasteiger partial charge in [0.2, 0.25) is 5.88 Å². The SMILES string of the molecule is CCc1c(O)nc(-c2cc(Cl)cc(Cl)c2)[nH]c1=O. The summed E-state index contributed by atoms with van der Waals surface area (Å²) in [6.45, 7) is 1.77. The Morgan fingerprint density at radius 1 is 1.28 bits per heavy atom. The number of nitrogens with one attached hydrogen (secondary N) is 1. The molecule has 2 rings (SSSR count). The Hall–Kier alpha value is -1.52. The van der Waals surface area contributed by atoms with Gasteiger partial charge < -0.3 is 10.1 Å². The van der Waals surface area contributed by atoms with Crippen LogP contribution in [-0.4, -0.2) is 15.1 Å². The van der Waals surface area contributed by atoms with E-state index in [-0.39, 0.29) is 22.8 Å². The summed E-state index contributed by atoms with van der Waals surface area (Å²) in [5.41, 5.74) is 0.436. The third kappa shape index (κ3) is 2.49. The fourth-order valence-electron chi connectivity index (χ4n) is 1.63. The Bertz CT molecular complexity index is 633. The van der Waals surface area contributed by atoms with E-state index in [1.165, 1.54) is 0 Å². The molecule has 0 saturated carbocycles. The fourth-order valence-corrected chi connectivity index (χ4v) is 2.16. The van der Waals surface area contributed by atoms with Crippen LogP contribution in [0.5, 0.6) is 5.88 Å². The molecule has 2 N–H and O–H groups in total. The zero-order valence-corrected chi connectivity index (χ0v) is 11.0. The first-order chi connectivity index (χ1) is 8.51. The van der Waals surface area contributed by atoms with Gasteiger partial charge in [0.1, 0.15) is 5.82 Å². The summed E-state index contributed by atoms with van der Waals surface area (Å²) in [5, 5.41) is 10.5. The fraction of sp³-hybridized carbons (Fsp3) is 0.167. The van der Waals surface area contributed by atoms with E-state index in [2.05, 4.69) is 9.97 Å². The summed E-state index contributed by atoms with van der Waals surface area (Å²) < 4.78 is 0. The molecule has 2 aromatic rings. The summed E-state index contributed by atoms with van der Waals surface area (Å²) in [5.74, 6) is -0.0357. The molecule has 0 aliphatic carbocycles. The van der Waals surface area contributed by atoms with Crippen LogP contribution in [0.15, 0.2) is 23.0 Å². The smallest absolute Gasteiger partial charge is 0.258 e. The van der Waals surface area contributed by atoms with Gasteiger partial charge in [-0.15, -0.1) is 0 Å². The number of halogens is 2.